The molecule has 4 heteroatoms. The van der Waals surface area contributed by atoms with Gasteiger partial charge in [0, 0.05) is 25.5 Å². The lowest BCUT2D eigenvalue weighted by Gasteiger charge is -2.17. The van der Waals surface area contributed by atoms with Gasteiger partial charge in [-0.25, -0.2) is 0 Å². The summed E-state index contributed by atoms with van der Waals surface area (Å²) < 4.78 is 0. The fourth-order valence-corrected chi connectivity index (χ4v) is 2.11. The third-order valence-corrected chi connectivity index (χ3v) is 3.15. The van der Waals surface area contributed by atoms with E-state index in [1.807, 2.05) is 37.4 Å². The number of nitriles is 1. The number of rotatable bonds is 4. The van der Waals surface area contributed by atoms with Crippen molar-refractivity contribution in [3.63, 3.8) is 0 Å². The van der Waals surface area contributed by atoms with Crippen LogP contribution in [-0.2, 0) is 13.1 Å². The smallest absolute Gasteiger partial charge is 0.0991 e. The summed E-state index contributed by atoms with van der Waals surface area (Å²) in [4.78, 5) is 6.12. The minimum atomic E-state index is 0.681. The zero-order chi connectivity index (χ0) is 13.7. The average Bonchev–Trinajstić information content (AvgIpc) is 2.41. The van der Waals surface area contributed by atoms with Gasteiger partial charge < -0.3 is 0 Å². The van der Waals surface area contributed by atoms with E-state index >= 15 is 0 Å². The first-order chi connectivity index (χ1) is 9.19. The van der Waals surface area contributed by atoms with Crippen LogP contribution in [0.4, 0.5) is 0 Å². The van der Waals surface area contributed by atoms with Crippen LogP contribution in [0.15, 0.2) is 42.7 Å². The molecule has 0 saturated carbocycles. The summed E-state index contributed by atoms with van der Waals surface area (Å²) in [6, 6.07) is 11.7. The van der Waals surface area contributed by atoms with Crippen molar-refractivity contribution in [2.45, 2.75) is 13.1 Å². The van der Waals surface area contributed by atoms with Gasteiger partial charge in [-0.1, -0.05) is 23.7 Å². The zero-order valence-corrected chi connectivity index (χ0v) is 11.4. The largest absolute Gasteiger partial charge is 0.298 e. The highest BCUT2D eigenvalue weighted by molar-refractivity contribution is 6.31. The molecule has 0 saturated heterocycles. The Morgan fingerprint density at radius 2 is 2.16 bits per heavy atom. The molecule has 0 aliphatic carbocycles. The number of hydrogen-bond acceptors (Lipinski definition) is 3. The minimum Gasteiger partial charge on any atom is -0.298 e. The molecule has 0 aliphatic heterocycles. The lowest BCUT2D eigenvalue weighted by Crippen LogP contribution is -2.17. The number of pyridine rings is 1. The van der Waals surface area contributed by atoms with Crippen molar-refractivity contribution in [3.05, 3.63) is 64.4 Å². The molecule has 2 rings (SSSR count). The molecule has 1 heterocycles. The molecular weight excluding hydrogens is 258 g/mol. The maximum atomic E-state index is 8.88. The molecule has 0 spiro atoms. The van der Waals surface area contributed by atoms with E-state index in [9.17, 15) is 0 Å². The third-order valence-electron chi connectivity index (χ3n) is 2.81. The summed E-state index contributed by atoms with van der Waals surface area (Å²) in [5, 5.41) is 9.56. The van der Waals surface area contributed by atoms with Crippen molar-refractivity contribution in [1.82, 2.24) is 9.88 Å². The molecule has 3 nitrogen and oxygen atoms in total. The maximum absolute atomic E-state index is 8.88. The summed E-state index contributed by atoms with van der Waals surface area (Å²) in [5.41, 5.74) is 2.86. The summed E-state index contributed by atoms with van der Waals surface area (Å²) in [5.74, 6) is 0. The van der Waals surface area contributed by atoms with Gasteiger partial charge in [0.1, 0.15) is 0 Å². The zero-order valence-electron chi connectivity index (χ0n) is 10.7. The summed E-state index contributed by atoms with van der Waals surface area (Å²) >= 11 is 6.09. The molecular formula is C15H14ClN3. The molecule has 2 aromatic rings. The van der Waals surface area contributed by atoms with Gasteiger partial charge >= 0.3 is 0 Å². The highest BCUT2D eigenvalue weighted by Crippen LogP contribution is 2.16. The van der Waals surface area contributed by atoms with Crippen LogP contribution in [0.1, 0.15) is 16.7 Å². The molecule has 0 radical (unpaired) electrons. The van der Waals surface area contributed by atoms with Crippen LogP contribution in [-0.4, -0.2) is 16.9 Å². The first-order valence-electron chi connectivity index (χ1n) is 5.95. The minimum absolute atomic E-state index is 0.681. The predicted molar refractivity (Wildman–Crippen MR) is 75.6 cm³/mol. The van der Waals surface area contributed by atoms with E-state index in [1.54, 1.807) is 12.4 Å². The van der Waals surface area contributed by atoms with E-state index in [2.05, 4.69) is 16.0 Å². The van der Waals surface area contributed by atoms with Gasteiger partial charge in [-0.2, -0.15) is 5.26 Å². The van der Waals surface area contributed by atoms with Crippen LogP contribution in [0, 0.1) is 11.3 Å². The van der Waals surface area contributed by atoms with Gasteiger partial charge in [-0.3, -0.25) is 9.88 Å². The van der Waals surface area contributed by atoms with Crippen molar-refractivity contribution < 1.29 is 0 Å². The molecule has 0 fully saturated rings. The quantitative estimate of drug-likeness (QED) is 0.857. The summed E-state index contributed by atoms with van der Waals surface area (Å²) in [7, 11) is 2.02. The van der Waals surface area contributed by atoms with Crippen LogP contribution >= 0.6 is 11.6 Å². The lowest BCUT2D eigenvalue weighted by molar-refractivity contribution is 0.319. The molecule has 1 aromatic heterocycles. The molecule has 0 amide bonds. The van der Waals surface area contributed by atoms with E-state index in [1.165, 1.54) is 0 Å². The molecule has 0 aliphatic rings. The Morgan fingerprint density at radius 1 is 1.32 bits per heavy atom. The number of nitrogens with zero attached hydrogens (tertiary/aromatic N) is 3. The Hall–Kier alpha value is -1.89. The number of benzene rings is 1. The SMILES string of the molecule is CN(Cc1cccc(C#N)c1)Cc1ccncc1Cl. The molecule has 0 N–H and O–H groups in total. The molecule has 1 aromatic carbocycles. The Labute approximate surface area is 118 Å². The van der Waals surface area contributed by atoms with Crippen LogP contribution in [0.5, 0.6) is 0 Å². The maximum Gasteiger partial charge on any atom is 0.0991 e. The van der Waals surface area contributed by atoms with Crippen molar-refractivity contribution >= 4 is 11.6 Å². The molecule has 0 atom stereocenters. The number of aromatic nitrogens is 1. The number of halogens is 1. The van der Waals surface area contributed by atoms with E-state index < -0.39 is 0 Å². The average molecular weight is 272 g/mol. The first-order valence-corrected chi connectivity index (χ1v) is 6.33. The molecule has 0 unspecified atom stereocenters. The highest BCUT2D eigenvalue weighted by atomic mass is 35.5. The predicted octanol–water partition coefficient (Wildman–Crippen LogP) is 3.24. The van der Waals surface area contributed by atoms with Gasteiger partial charge in [-0.05, 0) is 36.4 Å². The third kappa shape index (κ3) is 3.78. The fraction of sp³-hybridized carbons (Fsp3) is 0.200. The summed E-state index contributed by atoms with van der Waals surface area (Å²) in [6.07, 6.45) is 3.40. The van der Waals surface area contributed by atoms with Crippen LogP contribution < -0.4 is 0 Å². The van der Waals surface area contributed by atoms with Gasteiger partial charge in [0.2, 0.25) is 0 Å². The van der Waals surface area contributed by atoms with Gasteiger partial charge in [0.25, 0.3) is 0 Å². The second-order valence-corrected chi connectivity index (χ2v) is 4.86. The van der Waals surface area contributed by atoms with Crippen LogP contribution in [0.3, 0.4) is 0 Å². The van der Waals surface area contributed by atoms with Gasteiger partial charge in [0.15, 0.2) is 0 Å². The molecule has 19 heavy (non-hydrogen) atoms. The van der Waals surface area contributed by atoms with E-state index in [0.717, 1.165) is 24.2 Å². The van der Waals surface area contributed by atoms with E-state index in [-0.39, 0.29) is 0 Å². The van der Waals surface area contributed by atoms with E-state index in [0.29, 0.717) is 10.6 Å². The Morgan fingerprint density at radius 3 is 2.89 bits per heavy atom. The lowest BCUT2D eigenvalue weighted by atomic mass is 10.1. The monoisotopic (exact) mass is 271 g/mol. The second kappa shape index (κ2) is 6.33. The second-order valence-electron chi connectivity index (χ2n) is 4.45. The first kappa shape index (κ1) is 13.5. The van der Waals surface area contributed by atoms with Gasteiger partial charge in [0.05, 0.1) is 16.7 Å². The van der Waals surface area contributed by atoms with Crippen LogP contribution in [0.25, 0.3) is 0 Å². The molecule has 96 valence electrons. The van der Waals surface area contributed by atoms with Crippen molar-refractivity contribution in [2.24, 2.45) is 0 Å². The Kier molecular flexibility index (Phi) is 4.51. The topological polar surface area (TPSA) is 39.9 Å². The standard InChI is InChI=1S/C15H14ClN3/c1-19(11-14-5-6-18-9-15(14)16)10-13-4-2-3-12(7-13)8-17/h2-7,9H,10-11H2,1H3. The normalized spacial score (nSPS) is 10.4. The molecule has 0 bridgehead atoms. The van der Waals surface area contributed by atoms with Crippen molar-refractivity contribution in [2.75, 3.05) is 7.05 Å². The highest BCUT2D eigenvalue weighted by Gasteiger charge is 2.05. The van der Waals surface area contributed by atoms with Crippen molar-refractivity contribution in [3.8, 4) is 6.07 Å². The van der Waals surface area contributed by atoms with Gasteiger partial charge in [-0.15, -0.1) is 0 Å². The van der Waals surface area contributed by atoms with Crippen LogP contribution in [0.2, 0.25) is 5.02 Å². The Balaban J connectivity index is 2.03. The van der Waals surface area contributed by atoms with E-state index in [4.69, 9.17) is 16.9 Å². The fourth-order valence-electron chi connectivity index (χ4n) is 1.93. The Bertz CT molecular complexity index is 604. The summed E-state index contributed by atoms with van der Waals surface area (Å²) in [6.45, 7) is 1.52. The number of hydrogen-bond donors (Lipinski definition) is 0. The van der Waals surface area contributed by atoms with Crippen molar-refractivity contribution in [1.29, 1.82) is 5.26 Å².